The third kappa shape index (κ3) is 5.00. The average molecular weight is 453 g/mol. The van der Waals surface area contributed by atoms with Gasteiger partial charge in [0.15, 0.2) is 5.69 Å². The summed E-state index contributed by atoms with van der Waals surface area (Å²) in [5.74, 6) is -0.207. The highest BCUT2D eigenvalue weighted by atomic mass is 16.6. The topological polar surface area (TPSA) is 144 Å². The summed E-state index contributed by atoms with van der Waals surface area (Å²) in [4.78, 5) is 17.2. The van der Waals surface area contributed by atoms with E-state index in [9.17, 15) is 4.79 Å². The third-order valence-electron chi connectivity index (χ3n) is 5.76. The van der Waals surface area contributed by atoms with E-state index in [0.29, 0.717) is 18.3 Å². The number of nitrogens with one attached hydrogen (secondary N) is 1. The van der Waals surface area contributed by atoms with Crippen LogP contribution >= 0.6 is 0 Å². The van der Waals surface area contributed by atoms with Gasteiger partial charge in [0.05, 0.1) is 11.9 Å². The smallest absolute Gasteiger partial charge is 0.293 e. The van der Waals surface area contributed by atoms with Gasteiger partial charge in [0.2, 0.25) is 11.6 Å². The molecule has 3 N–H and O–H groups in total. The van der Waals surface area contributed by atoms with E-state index in [0.717, 1.165) is 30.6 Å². The van der Waals surface area contributed by atoms with Crippen molar-refractivity contribution in [3.05, 3.63) is 41.2 Å². The summed E-state index contributed by atoms with van der Waals surface area (Å²) in [7, 11) is 3.95. The number of nitrogens with two attached hydrogens (primary N) is 1. The third-order valence-corrected chi connectivity index (χ3v) is 5.76. The van der Waals surface area contributed by atoms with Gasteiger partial charge in [-0.15, -0.1) is 5.10 Å². The minimum atomic E-state index is -0.475. The SMILES string of the molecule is CC1CCCCN1Cc1c(C(=O)NN=Cc2ccc(N(C)C)cc2)nnn1-c1nonc1N. The Morgan fingerprint density at radius 3 is 2.76 bits per heavy atom. The summed E-state index contributed by atoms with van der Waals surface area (Å²) in [6.07, 6.45) is 4.95. The lowest BCUT2D eigenvalue weighted by Crippen LogP contribution is -2.38. The van der Waals surface area contributed by atoms with E-state index < -0.39 is 5.91 Å². The highest BCUT2D eigenvalue weighted by Gasteiger charge is 2.28. The van der Waals surface area contributed by atoms with Crippen molar-refractivity contribution in [2.24, 2.45) is 5.10 Å². The number of piperidine rings is 1. The zero-order chi connectivity index (χ0) is 23.4. The lowest BCUT2D eigenvalue weighted by atomic mass is 10.0. The van der Waals surface area contributed by atoms with Gasteiger partial charge in [-0.3, -0.25) is 9.69 Å². The van der Waals surface area contributed by atoms with Gasteiger partial charge in [-0.25, -0.2) is 10.1 Å². The number of hydrazone groups is 1. The molecule has 1 aromatic carbocycles. The number of carbonyl (C=O) groups is 1. The zero-order valence-corrected chi connectivity index (χ0v) is 19.0. The molecule has 174 valence electrons. The van der Waals surface area contributed by atoms with Crippen LogP contribution < -0.4 is 16.1 Å². The molecular formula is C21H28N10O2. The van der Waals surface area contributed by atoms with Crippen LogP contribution in [0, 0.1) is 0 Å². The lowest BCUT2D eigenvalue weighted by Gasteiger charge is -2.33. The molecule has 12 nitrogen and oxygen atoms in total. The minimum Gasteiger partial charge on any atom is -0.378 e. The number of benzene rings is 1. The standard InChI is InChI=1S/C21H28N10O2/c1-14-6-4-5-11-30(14)13-17-18(24-28-31(17)20-19(22)26-33-27-20)21(32)25-23-12-15-7-9-16(10-8-15)29(2)3/h7-10,12,14H,4-6,11,13H2,1-3H3,(H2,22,26)(H,25,32). The molecule has 12 heteroatoms. The maximum atomic E-state index is 12.9. The fraction of sp³-hybridized carbons (Fsp3) is 0.429. The minimum absolute atomic E-state index is 0.0685. The Morgan fingerprint density at radius 1 is 1.30 bits per heavy atom. The van der Waals surface area contributed by atoms with Gasteiger partial charge >= 0.3 is 0 Å². The fourth-order valence-corrected chi connectivity index (χ4v) is 3.79. The molecule has 1 unspecified atom stereocenters. The van der Waals surface area contributed by atoms with Crippen molar-refractivity contribution >= 4 is 23.6 Å². The second-order valence-electron chi connectivity index (χ2n) is 8.27. The molecule has 1 amide bonds. The van der Waals surface area contributed by atoms with Crippen LogP contribution in [0.15, 0.2) is 34.0 Å². The molecule has 3 aromatic rings. The first kappa shape index (κ1) is 22.4. The number of hydrogen-bond acceptors (Lipinski definition) is 10. The van der Waals surface area contributed by atoms with Crippen molar-refractivity contribution in [2.45, 2.75) is 38.8 Å². The molecule has 1 saturated heterocycles. The zero-order valence-electron chi connectivity index (χ0n) is 19.0. The predicted molar refractivity (Wildman–Crippen MR) is 123 cm³/mol. The van der Waals surface area contributed by atoms with Crippen LogP contribution in [-0.2, 0) is 6.54 Å². The van der Waals surface area contributed by atoms with E-state index in [4.69, 9.17) is 10.4 Å². The fourth-order valence-electron chi connectivity index (χ4n) is 3.79. The van der Waals surface area contributed by atoms with Crippen molar-refractivity contribution in [3.8, 4) is 5.82 Å². The van der Waals surface area contributed by atoms with Crippen LogP contribution in [0.25, 0.3) is 5.82 Å². The molecule has 3 heterocycles. The second kappa shape index (κ2) is 9.77. The van der Waals surface area contributed by atoms with E-state index in [1.807, 2.05) is 43.3 Å². The van der Waals surface area contributed by atoms with Crippen LogP contribution in [0.3, 0.4) is 0 Å². The number of nitrogens with zero attached hydrogens (tertiary/aromatic N) is 8. The molecule has 0 bridgehead atoms. The number of likely N-dealkylation sites (tertiary alicyclic amines) is 1. The van der Waals surface area contributed by atoms with Gasteiger partial charge in [0.1, 0.15) is 0 Å². The summed E-state index contributed by atoms with van der Waals surface area (Å²) in [6.45, 7) is 3.55. The number of hydrogen-bond donors (Lipinski definition) is 2. The Labute approximate surface area is 191 Å². The van der Waals surface area contributed by atoms with Crippen molar-refractivity contribution in [1.82, 2.24) is 35.6 Å². The maximum Gasteiger partial charge on any atom is 0.293 e. The van der Waals surface area contributed by atoms with Gasteiger partial charge in [-0.1, -0.05) is 23.8 Å². The van der Waals surface area contributed by atoms with Crippen molar-refractivity contribution in [2.75, 3.05) is 31.3 Å². The van der Waals surface area contributed by atoms with E-state index >= 15 is 0 Å². The Hall–Kier alpha value is -3.80. The Bertz CT molecular complexity index is 1120. The number of amides is 1. The Morgan fingerprint density at radius 2 is 2.09 bits per heavy atom. The highest BCUT2D eigenvalue weighted by Crippen LogP contribution is 2.22. The van der Waals surface area contributed by atoms with E-state index in [1.165, 1.54) is 11.1 Å². The average Bonchev–Trinajstić information content (AvgIpc) is 3.41. The molecule has 33 heavy (non-hydrogen) atoms. The highest BCUT2D eigenvalue weighted by molar-refractivity contribution is 5.94. The summed E-state index contributed by atoms with van der Waals surface area (Å²) < 4.78 is 6.13. The van der Waals surface area contributed by atoms with Gasteiger partial charge in [0, 0.05) is 32.4 Å². The summed E-state index contributed by atoms with van der Waals surface area (Å²) in [5.41, 5.74) is 11.0. The number of anilines is 2. The van der Waals surface area contributed by atoms with Gasteiger partial charge in [-0.2, -0.15) is 9.78 Å². The van der Waals surface area contributed by atoms with Gasteiger partial charge in [-0.05, 0) is 54.3 Å². The molecule has 1 aliphatic heterocycles. The second-order valence-corrected chi connectivity index (χ2v) is 8.27. The largest absolute Gasteiger partial charge is 0.378 e. The number of nitrogen functional groups attached to an aromatic ring is 1. The van der Waals surface area contributed by atoms with Crippen LogP contribution in [-0.4, -0.2) is 69.0 Å². The van der Waals surface area contributed by atoms with E-state index in [2.05, 4.69) is 43.0 Å². The molecule has 1 aliphatic rings. The van der Waals surface area contributed by atoms with Crippen LogP contribution in [0.5, 0.6) is 0 Å². The number of aromatic nitrogens is 5. The molecular weight excluding hydrogens is 424 g/mol. The monoisotopic (exact) mass is 452 g/mol. The molecule has 2 aromatic heterocycles. The normalized spacial score (nSPS) is 16.9. The van der Waals surface area contributed by atoms with Crippen molar-refractivity contribution < 1.29 is 9.42 Å². The van der Waals surface area contributed by atoms with Crippen LogP contribution in [0.4, 0.5) is 11.5 Å². The molecule has 4 rings (SSSR count). The van der Waals surface area contributed by atoms with Crippen LogP contribution in [0.2, 0.25) is 0 Å². The first-order valence-electron chi connectivity index (χ1n) is 10.8. The molecule has 1 fully saturated rings. The summed E-state index contributed by atoms with van der Waals surface area (Å²) >= 11 is 0. The quantitative estimate of drug-likeness (QED) is 0.402. The first-order chi connectivity index (χ1) is 15.9. The Kier molecular flexibility index (Phi) is 6.63. The molecule has 0 spiro atoms. The molecule has 0 radical (unpaired) electrons. The van der Waals surface area contributed by atoms with E-state index in [-0.39, 0.29) is 17.3 Å². The Balaban J connectivity index is 1.55. The molecule has 0 saturated carbocycles. The first-order valence-corrected chi connectivity index (χ1v) is 10.8. The van der Waals surface area contributed by atoms with Crippen molar-refractivity contribution in [3.63, 3.8) is 0 Å². The van der Waals surface area contributed by atoms with Crippen molar-refractivity contribution in [1.29, 1.82) is 0 Å². The molecule has 0 aliphatic carbocycles. The lowest BCUT2D eigenvalue weighted by molar-refractivity contribution is 0.0945. The summed E-state index contributed by atoms with van der Waals surface area (Å²) in [6, 6.07) is 8.16. The maximum absolute atomic E-state index is 12.9. The number of rotatable bonds is 7. The van der Waals surface area contributed by atoms with E-state index in [1.54, 1.807) is 6.21 Å². The van der Waals surface area contributed by atoms with Gasteiger partial charge < -0.3 is 10.6 Å². The van der Waals surface area contributed by atoms with Crippen LogP contribution in [0.1, 0.15) is 47.9 Å². The van der Waals surface area contributed by atoms with Gasteiger partial charge in [0.25, 0.3) is 5.91 Å². The predicted octanol–water partition coefficient (Wildman–Crippen LogP) is 1.44. The number of carbonyl (C=O) groups excluding carboxylic acids is 1. The molecule has 1 atom stereocenters. The summed E-state index contributed by atoms with van der Waals surface area (Å²) in [5, 5.41) is 19.7.